The Kier molecular flexibility index (Phi) is 2.94. The maximum atomic E-state index is 9.77. The van der Waals surface area contributed by atoms with Crippen molar-refractivity contribution in [3.63, 3.8) is 0 Å². The third-order valence-electron chi connectivity index (χ3n) is 2.82. The highest BCUT2D eigenvalue weighted by atomic mass is 16.3. The molecule has 66 valence electrons. The highest BCUT2D eigenvalue weighted by molar-refractivity contribution is 4.75. The zero-order chi connectivity index (χ0) is 8.32. The molecule has 0 amide bonds. The van der Waals surface area contributed by atoms with Crippen LogP contribution < -0.4 is 0 Å². The van der Waals surface area contributed by atoms with Gasteiger partial charge in [-0.1, -0.05) is 32.6 Å². The third-order valence-corrected chi connectivity index (χ3v) is 2.82. The van der Waals surface area contributed by atoms with Crippen molar-refractivity contribution in [3.8, 4) is 0 Å². The highest BCUT2D eigenvalue weighted by Crippen LogP contribution is 2.27. The zero-order valence-corrected chi connectivity index (χ0v) is 7.77. The fourth-order valence-corrected chi connectivity index (χ4v) is 1.93. The predicted octanol–water partition coefficient (Wildman–Crippen LogP) is 2.73. The number of rotatable bonds is 0. The second-order valence-electron chi connectivity index (χ2n) is 4.39. The Bertz CT molecular complexity index is 106. The smallest absolute Gasteiger partial charge is 0.0619 e. The molecule has 0 unspecified atom stereocenters. The van der Waals surface area contributed by atoms with Gasteiger partial charge < -0.3 is 5.11 Å². The molecule has 0 bridgehead atoms. The van der Waals surface area contributed by atoms with E-state index < -0.39 is 0 Å². The van der Waals surface area contributed by atoms with Crippen molar-refractivity contribution >= 4 is 0 Å². The molecule has 1 rings (SSSR count). The average Bonchev–Trinajstić information content (AvgIpc) is 1.83. The monoisotopic (exact) mass is 156 g/mol. The molecular weight excluding hydrogens is 136 g/mol. The summed E-state index contributed by atoms with van der Waals surface area (Å²) < 4.78 is 0. The first-order chi connectivity index (χ1) is 5.10. The van der Waals surface area contributed by atoms with Gasteiger partial charge in [0.05, 0.1) is 5.60 Å². The van der Waals surface area contributed by atoms with Gasteiger partial charge in [0.15, 0.2) is 0 Å². The Labute approximate surface area is 69.8 Å². The van der Waals surface area contributed by atoms with Gasteiger partial charge in [-0.05, 0) is 25.7 Å². The molecule has 1 N–H and O–H groups in total. The Balaban J connectivity index is 2.35. The van der Waals surface area contributed by atoms with Gasteiger partial charge in [-0.3, -0.25) is 0 Å². The van der Waals surface area contributed by atoms with E-state index in [-0.39, 0.29) is 5.60 Å². The molecule has 1 heteroatoms. The topological polar surface area (TPSA) is 20.2 Å². The van der Waals surface area contributed by atoms with Gasteiger partial charge in [-0.25, -0.2) is 0 Å². The molecule has 1 nitrogen and oxygen atoms in total. The summed E-state index contributed by atoms with van der Waals surface area (Å²) in [6.45, 7) is 4.29. The molecule has 0 saturated heterocycles. The van der Waals surface area contributed by atoms with Crippen LogP contribution in [0.2, 0.25) is 0 Å². The van der Waals surface area contributed by atoms with Crippen molar-refractivity contribution in [3.05, 3.63) is 0 Å². The molecule has 1 aliphatic rings. The summed E-state index contributed by atoms with van der Waals surface area (Å²) in [7, 11) is 0. The molecule has 11 heavy (non-hydrogen) atoms. The zero-order valence-electron chi connectivity index (χ0n) is 7.77. The van der Waals surface area contributed by atoms with Gasteiger partial charge in [0.2, 0.25) is 0 Å². The first-order valence-electron chi connectivity index (χ1n) is 4.82. The third kappa shape index (κ3) is 3.24. The molecule has 0 aromatic rings. The minimum atomic E-state index is -0.361. The lowest BCUT2D eigenvalue weighted by Crippen LogP contribution is -2.25. The first-order valence-corrected chi connectivity index (χ1v) is 4.82. The first kappa shape index (κ1) is 9.05. The minimum Gasteiger partial charge on any atom is -0.390 e. The van der Waals surface area contributed by atoms with E-state index in [9.17, 15) is 5.11 Å². The van der Waals surface area contributed by atoms with Crippen molar-refractivity contribution in [1.82, 2.24) is 0 Å². The van der Waals surface area contributed by atoms with E-state index in [1.54, 1.807) is 0 Å². The summed E-state index contributed by atoms with van der Waals surface area (Å²) in [5.74, 6) is 0.881. The Morgan fingerprint density at radius 1 is 1.18 bits per heavy atom. The van der Waals surface area contributed by atoms with Crippen LogP contribution in [0.5, 0.6) is 0 Å². The van der Waals surface area contributed by atoms with E-state index >= 15 is 0 Å². The van der Waals surface area contributed by atoms with E-state index in [0.717, 1.165) is 18.8 Å². The van der Waals surface area contributed by atoms with Crippen molar-refractivity contribution < 1.29 is 5.11 Å². The normalized spacial score (nSPS) is 41.2. The number of hydrogen-bond donors (Lipinski definition) is 1. The van der Waals surface area contributed by atoms with Crippen molar-refractivity contribution in [1.29, 1.82) is 0 Å². The SMILES string of the molecule is CC1CCCC(C)(O)CCC1. The van der Waals surface area contributed by atoms with Crippen LogP contribution in [0.1, 0.15) is 52.4 Å². The Hall–Kier alpha value is -0.0400. The van der Waals surface area contributed by atoms with E-state index in [4.69, 9.17) is 0 Å². The minimum absolute atomic E-state index is 0.361. The van der Waals surface area contributed by atoms with Crippen molar-refractivity contribution in [2.24, 2.45) is 5.92 Å². The van der Waals surface area contributed by atoms with Gasteiger partial charge in [0, 0.05) is 0 Å². The van der Waals surface area contributed by atoms with Crippen LogP contribution in [-0.4, -0.2) is 10.7 Å². The molecule has 0 aromatic carbocycles. The van der Waals surface area contributed by atoms with Gasteiger partial charge in [0.25, 0.3) is 0 Å². The molecule has 0 spiro atoms. The molecular formula is C10H20O. The molecule has 1 fully saturated rings. The lowest BCUT2D eigenvalue weighted by molar-refractivity contribution is 0.0293. The Morgan fingerprint density at radius 2 is 1.64 bits per heavy atom. The molecule has 0 heterocycles. The summed E-state index contributed by atoms with van der Waals surface area (Å²) in [4.78, 5) is 0. The second kappa shape index (κ2) is 3.57. The standard InChI is InChI=1S/C10H20O/c1-9-5-3-7-10(2,11)8-4-6-9/h9,11H,3-8H2,1-2H3. The predicted molar refractivity (Wildman–Crippen MR) is 47.5 cm³/mol. The Morgan fingerprint density at radius 3 is 2.09 bits per heavy atom. The van der Waals surface area contributed by atoms with E-state index in [0.29, 0.717) is 0 Å². The van der Waals surface area contributed by atoms with E-state index in [1.165, 1.54) is 25.7 Å². The number of hydrogen-bond acceptors (Lipinski definition) is 1. The molecule has 1 aliphatic carbocycles. The van der Waals surface area contributed by atoms with Gasteiger partial charge in [-0.15, -0.1) is 0 Å². The summed E-state index contributed by atoms with van der Waals surface area (Å²) >= 11 is 0. The van der Waals surface area contributed by atoms with E-state index in [1.807, 2.05) is 6.92 Å². The summed E-state index contributed by atoms with van der Waals surface area (Å²) in [5, 5.41) is 9.77. The fraction of sp³-hybridized carbons (Fsp3) is 1.00. The number of aliphatic hydroxyl groups is 1. The van der Waals surface area contributed by atoms with Crippen LogP contribution in [0.4, 0.5) is 0 Å². The maximum absolute atomic E-state index is 9.77. The summed E-state index contributed by atoms with van der Waals surface area (Å²) in [6, 6.07) is 0. The van der Waals surface area contributed by atoms with Crippen molar-refractivity contribution in [2.75, 3.05) is 0 Å². The van der Waals surface area contributed by atoms with Crippen LogP contribution in [0.25, 0.3) is 0 Å². The highest BCUT2D eigenvalue weighted by Gasteiger charge is 2.22. The summed E-state index contributed by atoms with van der Waals surface area (Å²) in [5.41, 5.74) is -0.361. The maximum Gasteiger partial charge on any atom is 0.0619 e. The molecule has 0 aromatic heterocycles. The second-order valence-corrected chi connectivity index (χ2v) is 4.39. The lowest BCUT2D eigenvalue weighted by atomic mass is 9.85. The van der Waals surface area contributed by atoms with Crippen LogP contribution >= 0.6 is 0 Å². The average molecular weight is 156 g/mol. The molecule has 0 atom stereocenters. The quantitative estimate of drug-likeness (QED) is 0.571. The van der Waals surface area contributed by atoms with E-state index in [2.05, 4.69) is 6.92 Å². The van der Waals surface area contributed by atoms with Crippen LogP contribution in [0, 0.1) is 5.92 Å². The molecule has 1 saturated carbocycles. The lowest BCUT2D eigenvalue weighted by Gasteiger charge is -2.27. The van der Waals surface area contributed by atoms with Gasteiger partial charge >= 0.3 is 0 Å². The van der Waals surface area contributed by atoms with Gasteiger partial charge in [-0.2, -0.15) is 0 Å². The fourth-order valence-electron chi connectivity index (χ4n) is 1.93. The summed E-state index contributed by atoms with van der Waals surface area (Å²) in [6.07, 6.45) is 7.00. The molecule has 0 aliphatic heterocycles. The van der Waals surface area contributed by atoms with Crippen molar-refractivity contribution in [2.45, 2.75) is 58.0 Å². The largest absolute Gasteiger partial charge is 0.390 e. The van der Waals surface area contributed by atoms with Crippen LogP contribution in [0.3, 0.4) is 0 Å². The van der Waals surface area contributed by atoms with Crippen LogP contribution in [-0.2, 0) is 0 Å². The molecule has 0 radical (unpaired) electrons. The van der Waals surface area contributed by atoms with Gasteiger partial charge in [0.1, 0.15) is 0 Å². The van der Waals surface area contributed by atoms with Crippen LogP contribution in [0.15, 0.2) is 0 Å².